The molecule has 7 heteroatoms. The molecular weight excluding hydrogens is 350 g/mol. The predicted octanol–water partition coefficient (Wildman–Crippen LogP) is 2.68. The highest BCUT2D eigenvalue weighted by atomic mass is 79.9. The molecule has 0 fully saturated rings. The van der Waals surface area contributed by atoms with Crippen molar-refractivity contribution in [3.63, 3.8) is 0 Å². The Bertz CT molecular complexity index is 541. The van der Waals surface area contributed by atoms with E-state index in [0.717, 1.165) is 0 Å². The Morgan fingerprint density at radius 2 is 1.86 bits per heavy atom. The van der Waals surface area contributed by atoms with Gasteiger partial charge in [0.25, 0.3) is 5.91 Å². The van der Waals surface area contributed by atoms with E-state index in [-0.39, 0.29) is 5.91 Å². The maximum Gasteiger partial charge on any atom is 0.407 e. The lowest BCUT2D eigenvalue weighted by atomic mass is 10.2. The number of alkyl carbamates (subject to hydrolysis) is 1. The Morgan fingerprint density at radius 1 is 1.23 bits per heavy atom. The first-order valence-electron chi connectivity index (χ1n) is 7.00. The van der Waals surface area contributed by atoms with Crippen molar-refractivity contribution in [2.45, 2.75) is 32.8 Å². The van der Waals surface area contributed by atoms with Gasteiger partial charge in [0.05, 0.1) is 10.0 Å². The molecule has 0 spiro atoms. The van der Waals surface area contributed by atoms with Gasteiger partial charge in [0.2, 0.25) is 0 Å². The summed E-state index contributed by atoms with van der Waals surface area (Å²) in [5.41, 5.74) is 6.21. The van der Waals surface area contributed by atoms with Gasteiger partial charge in [-0.15, -0.1) is 0 Å². The van der Waals surface area contributed by atoms with Gasteiger partial charge in [0.15, 0.2) is 0 Å². The second kappa shape index (κ2) is 8.03. The first-order chi connectivity index (χ1) is 10.2. The van der Waals surface area contributed by atoms with Crippen LogP contribution in [0.25, 0.3) is 0 Å². The highest BCUT2D eigenvalue weighted by molar-refractivity contribution is 9.10. The van der Waals surface area contributed by atoms with Crippen LogP contribution in [0.15, 0.2) is 22.7 Å². The number of amides is 2. The van der Waals surface area contributed by atoms with E-state index < -0.39 is 11.7 Å². The molecule has 4 N–H and O–H groups in total. The third-order valence-corrected chi connectivity index (χ3v) is 3.47. The number of rotatable bonds is 5. The van der Waals surface area contributed by atoms with Gasteiger partial charge in [0.1, 0.15) is 5.60 Å². The van der Waals surface area contributed by atoms with Crippen LogP contribution in [0.3, 0.4) is 0 Å². The van der Waals surface area contributed by atoms with E-state index in [1.807, 2.05) is 0 Å². The van der Waals surface area contributed by atoms with Gasteiger partial charge in [-0.05, 0) is 55.3 Å². The minimum atomic E-state index is -0.516. The van der Waals surface area contributed by atoms with Crippen molar-refractivity contribution >= 4 is 33.6 Å². The fourth-order valence-electron chi connectivity index (χ4n) is 1.62. The number of hydrogen-bond acceptors (Lipinski definition) is 4. The van der Waals surface area contributed by atoms with Gasteiger partial charge in [-0.1, -0.05) is 6.07 Å². The molecular formula is C15H22BrN3O3. The molecule has 0 aromatic heterocycles. The number of anilines is 1. The lowest BCUT2D eigenvalue weighted by molar-refractivity contribution is 0.0527. The maximum atomic E-state index is 12.0. The van der Waals surface area contributed by atoms with Gasteiger partial charge < -0.3 is 21.1 Å². The Labute approximate surface area is 138 Å². The van der Waals surface area contributed by atoms with Crippen molar-refractivity contribution in [3.05, 3.63) is 28.2 Å². The molecule has 1 rings (SSSR count). The van der Waals surface area contributed by atoms with Gasteiger partial charge in [-0.3, -0.25) is 4.79 Å². The number of ether oxygens (including phenoxy) is 1. The number of benzene rings is 1. The molecule has 1 aromatic carbocycles. The zero-order valence-electron chi connectivity index (χ0n) is 13.0. The average Bonchev–Trinajstić information content (AvgIpc) is 2.39. The van der Waals surface area contributed by atoms with E-state index in [4.69, 9.17) is 10.5 Å². The summed E-state index contributed by atoms with van der Waals surface area (Å²) in [6.45, 7) is 6.27. The summed E-state index contributed by atoms with van der Waals surface area (Å²) >= 11 is 3.29. The number of nitrogens with two attached hydrogens (primary N) is 1. The molecule has 2 amide bonds. The van der Waals surface area contributed by atoms with E-state index in [0.29, 0.717) is 35.2 Å². The first-order valence-corrected chi connectivity index (χ1v) is 7.79. The Hall–Kier alpha value is -1.76. The summed E-state index contributed by atoms with van der Waals surface area (Å²) in [4.78, 5) is 23.4. The topological polar surface area (TPSA) is 93.5 Å². The Kier molecular flexibility index (Phi) is 6.67. The minimum absolute atomic E-state index is 0.212. The molecule has 0 aliphatic carbocycles. The van der Waals surface area contributed by atoms with E-state index in [1.165, 1.54) is 0 Å². The summed E-state index contributed by atoms with van der Waals surface area (Å²) < 4.78 is 5.69. The average molecular weight is 372 g/mol. The van der Waals surface area contributed by atoms with Gasteiger partial charge in [-0.2, -0.15) is 0 Å². The SMILES string of the molecule is CC(C)(C)OC(=O)NCCCNC(=O)c1cccc(N)c1Br. The largest absolute Gasteiger partial charge is 0.444 e. The Morgan fingerprint density at radius 3 is 2.50 bits per heavy atom. The lowest BCUT2D eigenvalue weighted by Gasteiger charge is -2.19. The van der Waals surface area contributed by atoms with E-state index in [2.05, 4.69) is 26.6 Å². The fourth-order valence-corrected chi connectivity index (χ4v) is 2.06. The van der Waals surface area contributed by atoms with Crippen LogP contribution in [0.5, 0.6) is 0 Å². The number of hydrogen-bond donors (Lipinski definition) is 3. The van der Waals surface area contributed by atoms with E-state index in [9.17, 15) is 9.59 Å². The monoisotopic (exact) mass is 371 g/mol. The van der Waals surface area contributed by atoms with Crippen LogP contribution in [0, 0.1) is 0 Å². The predicted molar refractivity (Wildman–Crippen MR) is 89.7 cm³/mol. The normalized spacial score (nSPS) is 10.9. The molecule has 122 valence electrons. The zero-order chi connectivity index (χ0) is 16.8. The molecule has 6 nitrogen and oxygen atoms in total. The van der Waals surface area contributed by atoms with Crippen molar-refractivity contribution in [1.29, 1.82) is 0 Å². The van der Waals surface area contributed by atoms with Gasteiger partial charge in [0, 0.05) is 18.8 Å². The van der Waals surface area contributed by atoms with E-state index >= 15 is 0 Å². The van der Waals surface area contributed by atoms with Crippen LogP contribution in [0.2, 0.25) is 0 Å². The summed E-state index contributed by atoms with van der Waals surface area (Å²) in [6.07, 6.45) is 0.141. The summed E-state index contributed by atoms with van der Waals surface area (Å²) in [5.74, 6) is -0.212. The highest BCUT2D eigenvalue weighted by Crippen LogP contribution is 2.23. The van der Waals surface area contributed by atoms with Crippen LogP contribution >= 0.6 is 15.9 Å². The van der Waals surface area contributed by atoms with Crippen LogP contribution in [-0.4, -0.2) is 30.7 Å². The third-order valence-electron chi connectivity index (χ3n) is 2.58. The van der Waals surface area contributed by atoms with Crippen LogP contribution in [0.1, 0.15) is 37.6 Å². The second-order valence-corrected chi connectivity index (χ2v) is 6.54. The first kappa shape index (κ1) is 18.3. The van der Waals surface area contributed by atoms with Crippen molar-refractivity contribution in [2.24, 2.45) is 0 Å². The summed E-state index contributed by atoms with van der Waals surface area (Å²) in [5, 5.41) is 5.40. The smallest absolute Gasteiger partial charge is 0.407 e. The molecule has 0 aliphatic heterocycles. The molecule has 0 aliphatic rings. The van der Waals surface area contributed by atoms with Crippen molar-refractivity contribution < 1.29 is 14.3 Å². The van der Waals surface area contributed by atoms with Crippen molar-refractivity contribution in [1.82, 2.24) is 10.6 Å². The van der Waals surface area contributed by atoms with Gasteiger partial charge >= 0.3 is 6.09 Å². The van der Waals surface area contributed by atoms with Crippen LogP contribution in [-0.2, 0) is 4.74 Å². The minimum Gasteiger partial charge on any atom is -0.444 e. The zero-order valence-corrected chi connectivity index (χ0v) is 14.6. The molecule has 22 heavy (non-hydrogen) atoms. The lowest BCUT2D eigenvalue weighted by Crippen LogP contribution is -2.34. The molecule has 0 unspecified atom stereocenters. The number of halogens is 1. The summed E-state index contributed by atoms with van der Waals surface area (Å²) in [6, 6.07) is 5.12. The number of carbonyl (C=O) groups excluding carboxylic acids is 2. The molecule has 0 bridgehead atoms. The molecule has 0 atom stereocenters. The fraction of sp³-hybridized carbons (Fsp3) is 0.467. The quantitative estimate of drug-likeness (QED) is 0.547. The third kappa shape index (κ3) is 6.34. The van der Waals surface area contributed by atoms with E-state index in [1.54, 1.807) is 39.0 Å². The molecule has 1 aromatic rings. The maximum absolute atomic E-state index is 12.0. The van der Waals surface area contributed by atoms with Crippen molar-refractivity contribution in [2.75, 3.05) is 18.8 Å². The highest BCUT2D eigenvalue weighted by Gasteiger charge is 2.15. The molecule has 0 heterocycles. The van der Waals surface area contributed by atoms with Crippen LogP contribution < -0.4 is 16.4 Å². The number of nitrogens with one attached hydrogen (secondary N) is 2. The molecule has 0 saturated heterocycles. The van der Waals surface area contributed by atoms with Gasteiger partial charge in [-0.25, -0.2) is 4.79 Å². The summed E-state index contributed by atoms with van der Waals surface area (Å²) in [7, 11) is 0. The second-order valence-electron chi connectivity index (χ2n) is 5.75. The van der Waals surface area contributed by atoms with Crippen LogP contribution in [0.4, 0.5) is 10.5 Å². The number of nitrogen functional groups attached to an aromatic ring is 1. The number of carbonyl (C=O) groups is 2. The van der Waals surface area contributed by atoms with Crippen molar-refractivity contribution in [3.8, 4) is 0 Å². The molecule has 0 saturated carbocycles. The molecule has 0 radical (unpaired) electrons. The standard InChI is InChI=1S/C15H22BrN3O3/c1-15(2,3)22-14(21)19-9-5-8-18-13(20)10-6-4-7-11(17)12(10)16/h4,6-7H,5,8-9,17H2,1-3H3,(H,18,20)(H,19,21). The Balaban J connectivity index is 2.29.